The van der Waals surface area contributed by atoms with Crippen LogP contribution in [-0.2, 0) is 4.79 Å². The molecule has 0 aromatic heterocycles. The summed E-state index contributed by atoms with van der Waals surface area (Å²) in [6, 6.07) is -0.193. The highest BCUT2D eigenvalue weighted by Crippen LogP contribution is 2.30. The van der Waals surface area contributed by atoms with Crippen LogP contribution in [0.1, 0.15) is 38.5 Å². The highest BCUT2D eigenvalue weighted by molar-refractivity contribution is 5.81. The average molecular weight is 185 g/mol. The van der Waals surface area contributed by atoms with Crippen molar-refractivity contribution in [3.63, 3.8) is 0 Å². The zero-order valence-corrected chi connectivity index (χ0v) is 7.76. The molecule has 0 bridgehead atoms. The Morgan fingerprint density at radius 3 is 2.46 bits per heavy atom. The maximum absolute atomic E-state index is 13.3. The molecule has 13 heavy (non-hydrogen) atoms. The van der Waals surface area contributed by atoms with Crippen molar-refractivity contribution >= 4 is 5.91 Å². The minimum Gasteiger partial charge on any atom is -0.350 e. The minimum absolute atomic E-state index is 0.0783. The zero-order chi connectivity index (χ0) is 9.26. The van der Waals surface area contributed by atoms with Crippen molar-refractivity contribution in [2.75, 3.05) is 0 Å². The molecule has 2 aliphatic carbocycles. The van der Waals surface area contributed by atoms with Crippen LogP contribution in [0.15, 0.2) is 0 Å². The highest BCUT2D eigenvalue weighted by Gasteiger charge is 2.33. The zero-order valence-electron chi connectivity index (χ0n) is 7.76. The van der Waals surface area contributed by atoms with Gasteiger partial charge in [-0.05, 0) is 25.7 Å². The van der Waals surface area contributed by atoms with Crippen LogP contribution in [0.5, 0.6) is 0 Å². The summed E-state index contributed by atoms with van der Waals surface area (Å²) in [7, 11) is 0. The van der Waals surface area contributed by atoms with E-state index in [2.05, 4.69) is 5.32 Å². The predicted octanol–water partition coefficient (Wildman–Crippen LogP) is 1.79. The third kappa shape index (κ3) is 2.20. The lowest BCUT2D eigenvalue weighted by molar-refractivity contribution is -0.123. The Kier molecular flexibility index (Phi) is 2.51. The van der Waals surface area contributed by atoms with Gasteiger partial charge in [-0.3, -0.25) is 4.79 Å². The minimum atomic E-state index is -0.809. The average Bonchev–Trinajstić information content (AvgIpc) is 2.91. The molecule has 0 aromatic carbocycles. The van der Waals surface area contributed by atoms with E-state index in [1.807, 2.05) is 0 Å². The van der Waals surface area contributed by atoms with Gasteiger partial charge < -0.3 is 5.32 Å². The van der Waals surface area contributed by atoms with E-state index in [1.165, 1.54) is 0 Å². The number of carbonyl (C=O) groups is 1. The van der Waals surface area contributed by atoms with Crippen LogP contribution < -0.4 is 5.32 Å². The molecule has 2 saturated carbocycles. The number of halogens is 1. The first-order chi connectivity index (χ1) is 6.27. The fourth-order valence-electron chi connectivity index (χ4n) is 1.89. The van der Waals surface area contributed by atoms with Gasteiger partial charge in [-0.25, -0.2) is 4.39 Å². The van der Waals surface area contributed by atoms with Crippen molar-refractivity contribution in [2.45, 2.75) is 50.7 Å². The lowest BCUT2D eigenvalue weighted by Gasteiger charge is -2.26. The standard InChI is InChI=1S/C10H16FNO/c11-8-3-1-2-4-9(8)12-10(13)7-5-6-7/h7-9H,1-6H2,(H,12,13)/t8-,9-/m1/s1. The summed E-state index contributed by atoms with van der Waals surface area (Å²) >= 11 is 0. The van der Waals surface area contributed by atoms with Gasteiger partial charge in [-0.2, -0.15) is 0 Å². The van der Waals surface area contributed by atoms with Crippen LogP contribution in [0, 0.1) is 5.92 Å². The van der Waals surface area contributed by atoms with E-state index >= 15 is 0 Å². The summed E-state index contributed by atoms with van der Waals surface area (Å²) in [5.41, 5.74) is 0. The third-order valence-electron chi connectivity index (χ3n) is 2.96. The third-order valence-corrected chi connectivity index (χ3v) is 2.96. The second kappa shape index (κ2) is 3.64. The molecule has 2 atom stereocenters. The maximum Gasteiger partial charge on any atom is 0.223 e. The summed E-state index contributed by atoms with van der Waals surface area (Å²) in [6.45, 7) is 0. The fourth-order valence-corrected chi connectivity index (χ4v) is 1.89. The SMILES string of the molecule is O=C(N[C@@H]1CCCC[C@H]1F)C1CC1. The lowest BCUT2D eigenvalue weighted by atomic mass is 9.93. The first-order valence-corrected chi connectivity index (χ1v) is 5.22. The molecular weight excluding hydrogens is 169 g/mol. The van der Waals surface area contributed by atoms with Crippen molar-refractivity contribution in [1.29, 1.82) is 0 Å². The molecule has 0 heterocycles. The van der Waals surface area contributed by atoms with E-state index in [-0.39, 0.29) is 17.9 Å². The van der Waals surface area contributed by atoms with Crippen molar-refractivity contribution < 1.29 is 9.18 Å². The number of rotatable bonds is 2. The molecule has 2 aliphatic rings. The topological polar surface area (TPSA) is 29.1 Å². The Bertz CT molecular complexity index is 203. The van der Waals surface area contributed by atoms with E-state index in [4.69, 9.17) is 0 Å². The Morgan fingerprint density at radius 2 is 1.85 bits per heavy atom. The van der Waals surface area contributed by atoms with Crippen LogP contribution in [0.4, 0.5) is 4.39 Å². The maximum atomic E-state index is 13.3. The van der Waals surface area contributed by atoms with Gasteiger partial charge in [-0.15, -0.1) is 0 Å². The van der Waals surface area contributed by atoms with Crippen LogP contribution in [0.3, 0.4) is 0 Å². The summed E-state index contributed by atoms with van der Waals surface area (Å²) in [5.74, 6) is 0.281. The number of carbonyl (C=O) groups excluding carboxylic acids is 1. The largest absolute Gasteiger partial charge is 0.350 e. The van der Waals surface area contributed by atoms with E-state index in [0.29, 0.717) is 6.42 Å². The van der Waals surface area contributed by atoms with E-state index in [9.17, 15) is 9.18 Å². The van der Waals surface area contributed by atoms with Gasteiger partial charge in [0.25, 0.3) is 0 Å². The second-order valence-electron chi connectivity index (χ2n) is 4.19. The summed E-state index contributed by atoms with van der Waals surface area (Å²) in [4.78, 5) is 11.3. The van der Waals surface area contributed by atoms with Gasteiger partial charge in [0, 0.05) is 5.92 Å². The molecule has 1 N–H and O–H groups in total. The molecule has 0 spiro atoms. The van der Waals surface area contributed by atoms with E-state index < -0.39 is 6.17 Å². The molecule has 0 aromatic rings. The summed E-state index contributed by atoms with van der Waals surface area (Å²) in [6.07, 6.45) is 4.64. The molecular formula is C10H16FNO. The van der Waals surface area contributed by atoms with Crippen LogP contribution in [0.2, 0.25) is 0 Å². The normalized spacial score (nSPS) is 34.2. The van der Waals surface area contributed by atoms with E-state index in [1.54, 1.807) is 0 Å². The van der Waals surface area contributed by atoms with Gasteiger partial charge in [0.05, 0.1) is 6.04 Å². The number of nitrogens with one attached hydrogen (secondary N) is 1. The molecule has 3 heteroatoms. The Balaban J connectivity index is 1.81. The molecule has 0 radical (unpaired) electrons. The van der Waals surface area contributed by atoms with Gasteiger partial charge >= 0.3 is 0 Å². The van der Waals surface area contributed by atoms with Crippen LogP contribution in [-0.4, -0.2) is 18.1 Å². The van der Waals surface area contributed by atoms with Crippen molar-refractivity contribution in [2.24, 2.45) is 5.92 Å². The summed E-state index contributed by atoms with van der Waals surface area (Å²) < 4.78 is 13.3. The van der Waals surface area contributed by atoms with Crippen molar-refractivity contribution in [3.05, 3.63) is 0 Å². The lowest BCUT2D eigenvalue weighted by Crippen LogP contribution is -2.43. The predicted molar refractivity (Wildman–Crippen MR) is 48.0 cm³/mol. The number of hydrogen-bond donors (Lipinski definition) is 1. The van der Waals surface area contributed by atoms with Crippen molar-refractivity contribution in [3.8, 4) is 0 Å². The molecule has 2 nitrogen and oxygen atoms in total. The number of amides is 1. The summed E-state index contributed by atoms with van der Waals surface area (Å²) in [5, 5.41) is 2.82. The molecule has 2 rings (SSSR count). The van der Waals surface area contributed by atoms with Gasteiger partial charge in [-0.1, -0.05) is 12.8 Å². The Hall–Kier alpha value is -0.600. The molecule has 0 saturated heterocycles. The Labute approximate surface area is 77.9 Å². The van der Waals surface area contributed by atoms with Crippen LogP contribution >= 0.6 is 0 Å². The molecule has 0 aliphatic heterocycles. The highest BCUT2D eigenvalue weighted by atomic mass is 19.1. The first-order valence-electron chi connectivity index (χ1n) is 5.22. The molecule has 0 unspecified atom stereocenters. The second-order valence-corrected chi connectivity index (χ2v) is 4.19. The fraction of sp³-hybridized carbons (Fsp3) is 0.900. The molecule has 1 amide bonds. The number of alkyl halides is 1. The Morgan fingerprint density at radius 1 is 1.15 bits per heavy atom. The smallest absolute Gasteiger partial charge is 0.223 e. The molecule has 2 fully saturated rings. The quantitative estimate of drug-likeness (QED) is 0.698. The van der Waals surface area contributed by atoms with Gasteiger partial charge in [0.2, 0.25) is 5.91 Å². The first kappa shape index (κ1) is 8.97. The van der Waals surface area contributed by atoms with Gasteiger partial charge in [0.15, 0.2) is 0 Å². The van der Waals surface area contributed by atoms with Crippen molar-refractivity contribution in [1.82, 2.24) is 5.32 Å². The molecule has 74 valence electrons. The van der Waals surface area contributed by atoms with Gasteiger partial charge in [0.1, 0.15) is 6.17 Å². The van der Waals surface area contributed by atoms with Crippen LogP contribution in [0.25, 0.3) is 0 Å². The van der Waals surface area contributed by atoms with E-state index in [0.717, 1.165) is 32.1 Å². The number of hydrogen-bond acceptors (Lipinski definition) is 1. The monoisotopic (exact) mass is 185 g/mol.